The molecule has 0 amide bonds. The van der Waals surface area contributed by atoms with Crippen LogP contribution in [0.2, 0.25) is 0 Å². The SMILES string of the molecule is C[C@@H](CN1CCCCC1)NS(=O)(=O)CCCC#N. The first kappa shape index (κ1) is 15.4. The molecule has 0 spiro atoms. The number of nitriles is 1. The molecular weight excluding hydrogens is 250 g/mol. The monoisotopic (exact) mass is 273 g/mol. The van der Waals surface area contributed by atoms with Crippen LogP contribution in [0.15, 0.2) is 0 Å². The number of piperidine rings is 1. The summed E-state index contributed by atoms with van der Waals surface area (Å²) in [7, 11) is -3.23. The van der Waals surface area contributed by atoms with Crippen molar-refractivity contribution < 1.29 is 8.42 Å². The molecule has 6 heteroatoms. The maximum Gasteiger partial charge on any atom is 0.211 e. The predicted octanol–water partition coefficient (Wildman–Crippen LogP) is 1.08. The third kappa shape index (κ3) is 6.34. The third-order valence-electron chi connectivity index (χ3n) is 3.06. The van der Waals surface area contributed by atoms with E-state index in [1.54, 1.807) is 0 Å². The van der Waals surface area contributed by atoms with Crippen molar-refractivity contribution in [3.8, 4) is 6.07 Å². The minimum Gasteiger partial charge on any atom is -0.302 e. The van der Waals surface area contributed by atoms with E-state index in [1.807, 2.05) is 13.0 Å². The van der Waals surface area contributed by atoms with Crippen molar-refractivity contribution >= 4 is 10.0 Å². The first-order chi connectivity index (χ1) is 8.53. The molecule has 1 atom stereocenters. The summed E-state index contributed by atoms with van der Waals surface area (Å²) in [5.74, 6) is 0.0465. The molecule has 18 heavy (non-hydrogen) atoms. The zero-order chi connectivity index (χ0) is 13.4. The minimum atomic E-state index is -3.23. The Balaban J connectivity index is 2.29. The molecule has 0 aromatic carbocycles. The summed E-state index contributed by atoms with van der Waals surface area (Å²) in [4.78, 5) is 2.31. The van der Waals surface area contributed by atoms with Gasteiger partial charge in [0.05, 0.1) is 11.8 Å². The molecule has 0 bridgehead atoms. The highest BCUT2D eigenvalue weighted by Gasteiger charge is 2.18. The van der Waals surface area contributed by atoms with Gasteiger partial charge in [-0.05, 0) is 39.3 Å². The number of nitrogens with zero attached hydrogens (tertiary/aromatic N) is 2. The second-order valence-corrected chi connectivity index (χ2v) is 6.83. The number of hydrogen-bond donors (Lipinski definition) is 1. The van der Waals surface area contributed by atoms with E-state index >= 15 is 0 Å². The van der Waals surface area contributed by atoms with Crippen molar-refractivity contribution in [2.24, 2.45) is 0 Å². The molecule has 0 saturated carbocycles. The summed E-state index contributed by atoms with van der Waals surface area (Å²) in [6, 6.07) is 1.90. The number of unbranched alkanes of at least 4 members (excludes halogenated alkanes) is 1. The van der Waals surface area contributed by atoms with Crippen LogP contribution in [0.4, 0.5) is 0 Å². The van der Waals surface area contributed by atoms with Gasteiger partial charge in [0.1, 0.15) is 0 Å². The molecule has 1 N–H and O–H groups in total. The van der Waals surface area contributed by atoms with Crippen LogP contribution < -0.4 is 4.72 Å². The Labute approximate surface area is 110 Å². The zero-order valence-electron chi connectivity index (χ0n) is 11.1. The number of sulfonamides is 1. The van der Waals surface area contributed by atoms with Crippen molar-refractivity contribution in [2.75, 3.05) is 25.4 Å². The lowest BCUT2D eigenvalue weighted by Gasteiger charge is -2.29. The minimum absolute atomic E-state index is 0.0465. The molecule has 1 saturated heterocycles. The lowest BCUT2D eigenvalue weighted by molar-refractivity contribution is 0.215. The van der Waals surface area contributed by atoms with Gasteiger partial charge in [0.15, 0.2) is 0 Å². The van der Waals surface area contributed by atoms with Gasteiger partial charge in [-0.2, -0.15) is 5.26 Å². The van der Waals surface area contributed by atoms with E-state index in [0.29, 0.717) is 12.8 Å². The van der Waals surface area contributed by atoms with E-state index in [2.05, 4.69) is 9.62 Å². The van der Waals surface area contributed by atoms with E-state index < -0.39 is 10.0 Å². The van der Waals surface area contributed by atoms with E-state index in [9.17, 15) is 8.42 Å². The maximum atomic E-state index is 11.7. The highest BCUT2D eigenvalue weighted by Crippen LogP contribution is 2.09. The van der Waals surface area contributed by atoms with Crippen LogP contribution in [0, 0.1) is 11.3 Å². The van der Waals surface area contributed by atoms with Gasteiger partial charge in [0, 0.05) is 19.0 Å². The van der Waals surface area contributed by atoms with Crippen molar-refractivity contribution in [1.29, 1.82) is 5.26 Å². The Bertz CT molecular complexity index is 369. The van der Waals surface area contributed by atoms with Gasteiger partial charge in [-0.1, -0.05) is 6.42 Å². The lowest BCUT2D eigenvalue weighted by Crippen LogP contribution is -2.44. The average Bonchev–Trinajstić information content (AvgIpc) is 2.29. The first-order valence-electron chi connectivity index (χ1n) is 6.63. The number of likely N-dealkylation sites (tertiary alicyclic amines) is 1. The van der Waals surface area contributed by atoms with Gasteiger partial charge in [0.25, 0.3) is 0 Å². The standard InChI is InChI=1S/C12H23N3O2S/c1-12(11-15-8-4-2-5-9-15)14-18(16,17)10-6-3-7-13/h12,14H,2-6,8-11H2,1H3/t12-/m0/s1. The van der Waals surface area contributed by atoms with Crippen molar-refractivity contribution in [1.82, 2.24) is 9.62 Å². The Kier molecular flexibility index (Phi) is 6.61. The second-order valence-electron chi connectivity index (χ2n) is 4.96. The van der Waals surface area contributed by atoms with E-state index in [1.165, 1.54) is 19.3 Å². The average molecular weight is 273 g/mol. The van der Waals surface area contributed by atoms with E-state index in [-0.39, 0.29) is 11.8 Å². The van der Waals surface area contributed by atoms with Crippen LogP contribution in [0.3, 0.4) is 0 Å². The van der Waals surface area contributed by atoms with E-state index in [0.717, 1.165) is 19.6 Å². The van der Waals surface area contributed by atoms with E-state index in [4.69, 9.17) is 5.26 Å². The van der Waals surface area contributed by atoms with Crippen LogP contribution in [-0.2, 0) is 10.0 Å². The summed E-state index contributed by atoms with van der Waals surface area (Å²) in [6.45, 7) is 4.81. The molecule has 1 fully saturated rings. The zero-order valence-corrected chi connectivity index (χ0v) is 11.9. The number of rotatable bonds is 7. The number of hydrogen-bond acceptors (Lipinski definition) is 4. The van der Waals surface area contributed by atoms with Crippen molar-refractivity contribution in [3.63, 3.8) is 0 Å². The molecule has 0 aliphatic carbocycles. The molecule has 1 aliphatic heterocycles. The molecule has 0 unspecified atom stereocenters. The molecule has 1 aliphatic rings. The molecule has 1 rings (SSSR count). The van der Waals surface area contributed by atoms with Crippen LogP contribution in [-0.4, -0.2) is 44.7 Å². The Morgan fingerprint density at radius 1 is 1.33 bits per heavy atom. The van der Waals surface area contributed by atoms with Gasteiger partial charge < -0.3 is 4.90 Å². The predicted molar refractivity (Wildman–Crippen MR) is 71.5 cm³/mol. The summed E-state index contributed by atoms with van der Waals surface area (Å²) in [5.41, 5.74) is 0. The Hall–Kier alpha value is -0.640. The van der Waals surface area contributed by atoms with Crippen LogP contribution in [0.1, 0.15) is 39.0 Å². The van der Waals surface area contributed by atoms with Crippen LogP contribution in [0.5, 0.6) is 0 Å². The number of nitrogens with one attached hydrogen (secondary N) is 1. The third-order valence-corrected chi connectivity index (χ3v) is 4.65. The molecule has 0 radical (unpaired) electrons. The normalized spacial score (nSPS) is 19.3. The Morgan fingerprint density at radius 2 is 2.00 bits per heavy atom. The Morgan fingerprint density at radius 3 is 2.61 bits per heavy atom. The molecule has 0 aromatic rings. The fraction of sp³-hybridized carbons (Fsp3) is 0.917. The fourth-order valence-electron chi connectivity index (χ4n) is 2.27. The highest BCUT2D eigenvalue weighted by atomic mass is 32.2. The van der Waals surface area contributed by atoms with Crippen LogP contribution in [0.25, 0.3) is 0 Å². The van der Waals surface area contributed by atoms with Gasteiger partial charge in [-0.25, -0.2) is 13.1 Å². The van der Waals surface area contributed by atoms with Crippen LogP contribution >= 0.6 is 0 Å². The van der Waals surface area contributed by atoms with Crippen molar-refractivity contribution in [3.05, 3.63) is 0 Å². The quantitative estimate of drug-likeness (QED) is 0.705. The van der Waals surface area contributed by atoms with Gasteiger partial charge >= 0.3 is 0 Å². The molecule has 1 heterocycles. The summed E-state index contributed by atoms with van der Waals surface area (Å²) in [5, 5.41) is 8.39. The summed E-state index contributed by atoms with van der Waals surface area (Å²) in [6.07, 6.45) is 4.40. The maximum absolute atomic E-state index is 11.7. The highest BCUT2D eigenvalue weighted by molar-refractivity contribution is 7.89. The summed E-state index contributed by atoms with van der Waals surface area (Å²) < 4.78 is 26.1. The molecule has 0 aromatic heterocycles. The molecule has 5 nitrogen and oxygen atoms in total. The second kappa shape index (κ2) is 7.72. The molecule has 104 valence electrons. The van der Waals surface area contributed by atoms with Crippen molar-refractivity contribution in [2.45, 2.75) is 45.1 Å². The smallest absolute Gasteiger partial charge is 0.211 e. The summed E-state index contributed by atoms with van der Waals surface area (Å²) >= 11 is 0. The molecular formula is C12H23N3O2S. The van der Waals surface area contributed by atoms with Gasteiger partial charge in [-0.3, -0.25) is 0 Å². The van der Waals surface area contributed by atoms with Gasteiger partial charge in [-0.15, -0.1) is 0 Å². The fourth-order valence-corrected chi connectivity index (χ4v) is 3.60. The van der Waals surface area contributed by atoms with Gasteiger partial charge in [0.2, 0.25) is 10.0 Å². The first-order valence-corrected chi connectivity index (χ1v) is 8.28. The lowest BCUT2D eigenvalue weighted by atomic mass is 10.1. The topological polar surface area (TPSA) is 73.2 Å². The largest absolute Gasteiger partial charge is 0.302 e.